The average Bonchev–Trinajstić information content (AvgIpc) is 2.74. The molecular weight excluding hydrogens is 358 g/mol. The van der Waals surface area contributed by atoms with Gasteiger partial charge in [0.05, 0.1) is 6.26 Å². The summed E-state index contributed by atoms with van der Waals surface area (Å²) in [7, 11) is 0. The highest BCUT2D eigenvalue weighted by atomic mass is 19.2. The number of allylic oxidation sites excluding steroid dienone is 2. The summed E-state index contributed by atoms with van der Waals surface area (Å²) in [6.45, 7) is 5.80. The minimum Gasteiger partial charge on any atom is -0.486 e. The van der Waals surface area contributed by atoms with Crippen LogP contribution in [0.1, 0.15) is 49.7 Å². The number of halogens is 2. The molecule has 2 nitrogen and oxygen atoms in total. The molecule has 1 aliphatic rings. The first-order valence-corrected chi connectivity index (χ1v) is 9.72. The van der Waals surface area contributed by atoms with Crippen LogP contribution in [0.25, 0.3) is 0 Å². The van der Waals surface area contributed by atoms with Crippen molar-refractivity contribution in [2.24, 2.45) is 5.92 Å². The van der Waals surface area contributed by atoms with E-state index in [2.05, 4.69) is 24.8 Å². The molecule has 1 aliphatic carbocycles. The lowest BCUT2D eigenvalue weighted by atomic mass is 9.79. The van der Waals surface area contributed by atoms with Gasteiger partial charge in [0.25, 0.3) is 0 Å². The van der Waals surface area contributed by atoms with Crippen molar-refractivity contribution in [2.75, 3.05) is 0 Å². The monoisotopic (exact) mass is 384 g/mol. The molecule has 0 radical (unpaired) electrons. The minimum absolute atomic E-state index is 0.128. The summed E-state index contributed by atoms with van der Waals surface area (Å²) in [4.78, 5) is 0. The van der Waals surface area contributed by atoms with E-state index in [1.54, 1.807) is 13.0 Å². The molecule has 0 atom stereocenters. The van der Waals surface area contributed by atoms with Crippen molar-refractivity contribution in [3.8, 4) is 11.5 Å². The van der Waals surface area contributed by atoms with E-state index in [1.165, 1.54) is 49.6 Å². The smallest absolute Gasteiger partial charge is 0.205 e. The molecule has 4 heteroatoms. The van der Waals surface area contributed by atoms with E-state index in [0.29, 0.717) is 11.8 Å². The highest BCUT2D eigenvalue weighted by Crippen LogP contribution is 2.36. The van der Waals surface area contributed by atoms with Gasteiger partial charge in [-0.05, 0) is 67.7 Å². The van der Waals surface area contributed by atoms with Crippen LogP contribution < -0.4 is 9.47 Å². The summed E-state index contributed by atoms with van der Waals surface area (Å²) in [6, 6.07) is 10.9. The third-order valence-electron chi connectivity index (χ3n) is 5.29. The molecule has 3 rings (SSSR count). The molecule has 0 amide bonds. The molecule has 28 heavy (non-hydrogen) atoms. The molecule has 0 bridgehead atoms. The van der Waals surface area contributed by atoms with Crippen LogP contribution in [0.4, 0.5) is 8.78 Å². The Morgan fingerprint density at radius 1 is 0.964 bits per heavy atom. The zero-order valence-corrected chi connectivity index (χ0v) is 16.2. The first-order chi connectivity index (χ1) is 13.6. The largest absolute Gasteiger partial charge is 0.486 e. The number of ether oxygens (including phenoxy) is 2. The van der Waals surface area contributed by atoms with E-state index in [-0.39, 0.29) is 18.1 Å². The highest BCUT2D eigenvalue weighted by Gasteiger charge is 2.20. The number of hydrogen-bond donors (Lipinski definition) is 0. The molecule has 0 aromatic heterocycles. The van der Waals surface area contributed by atoms with E-state index in [4.69, 9.17) is 9.47 Å². The summed E-state index contributed by atoms with van der Waals surface area (Å²) >= 11 is 0. The van der Waals surface area contributed by atoms with Crippen LogP contribution in [0.15, 0.2) is 61.4 Å². The van der Waals surface area contributed by atoms with Crippen LogP contribution in [0.3, 0.4) is 0 Å². The second kappa shape index (κ2) is 9.54. The lowest BCUT2D eigenvalue weighted by Crippen LogP contribution is -2.11. The van der Waals surface area contributed by atoms with Crippen LogP contribution in [0.5, 0.6) is 11.5 Å². The van der Waals surface area contributed by atoms with Crippen molar-refractivity contribution in [1.82, 2.24) is 0 Å². The maximum Gasteiger partial charge on any atom is 0.205 e. The van der Waals surface area contributed by atoms with Crippen molar-refractivity contribution in [3.05, 3.63) is 84.2 Å². The summed E-state index contributed by atoms with van der Waals surface area (Å²) in [5.74, 6) is -1.16. The van der Waals surface area contributed by atoms with Gasteiger partial charge in [-0.1, -0.05) is 36.4 Å². The van der Waals surface area contributed by atoms with Gasteiger partial charge in [-0.25, -0.2) is 0 Å². The van der Waals surface area contributed by atoms with Crippen LogP contribution in [0.2, 0.25) is 0 Å². The van der Waals surface area contributed by atoms with E-state index < -0.39 is 11.6 Å². The Morgan fingerprint density at radius 3 is 2.25 bits per heavy atom. The predicted octanol–water partition coefficient (Wildman–Crippen LogP) is 6.92. The first kappa shape index (κ1) is 20.1. The van der Waals surface area contributed by atoms with E-state index in [0.717, 1.165) is 5.56 Å². The zero-order chi connectivity index (χ0) is 19.9. The molecule has 0 spiro atoms. The lowest BCUT2D eigenvalue weighted by Gasteiger charge is -2.27. The molecule has 0 heterocycles. The van der Waals surface area contributed by atoms with Gasteiger partial charge in [0, 0.05) is 0 Å². The third-order valence-corrected chi connectivity index (χ3v) is 5.29. The number of benzene rings is 2. The number of hydrogen-bond acceptors (Lipinski definition) is 2. The van der Waals surface area contributed by atoms with Crippen molar-refractivity contribution >= 4 is 0 Å². The summed E-state index contributed by atoms with van der Waals surface area (Å²) < 4.78 is 38.6. The van der Waals surface area contributed by atoms with Gasteiger partial charge in [0.15, 0.2) is 11.5 Å². The highest BCUT2D eigenvalue weighted by molar-refractivity contribution is 5.36. The van der Waals surface area contributed by atoms with E-state index in [9.17, 15) is 8.78 Å². The molecule has 2 aromatic carbocycles. The Balaban J connectivity index is 1.59. The Hall–Kier alpha value is -2.62. The molecule has 1 saturated carbocycles. The maximum atomic E-state index is 14.1. The Kier molecular flexibility index (Phi) is 6.85. The summed E-state index contributed by atoms with van der Waals surface area (Å²) in [5.41, 5.74) is 2.24. The lowest BCUT2D eigenvalue weighted by molar-refractivity contribution is 0.281. The minimum atomic E-state index is -1.05. The second-order valence-electron chi connectivity index (χ2n) is 7.15. The molecule has 0 unspecified atom stereocenters. The summed E-state index contributed by atoms with van der Waals surface area (Å²) in [6.07, 6.45) is 9.70. The van der Waals surface area contributed by atoms with Gasteiger partial charge in [-0.3, -0.25) is 0 Å². The molecular formula is C24H26F2O2. The normalized spacial score (nSPS) is 19.5. The standard InChI is InChI=1S/C24H26F2O2/c1-3-15-27-21-13-14-22(24(26)23(21)25)28-16-18-7-11-20(12-8-18)19-9-5-17(4-2)6-10-19/h3-4,7-8,11-15,17,19H,2,5-6,9-10,16H2,1H3. The van der Waals surface area contributed by atoms with Crippen LogP contribution in [-0.4, -0.2) is 0 Å². The first-order valence-electron chi connectivity index (χ1n) is 9.72. The fraction of sp³-hybridized carbons (Fsp3) is 0.333. The van der Waals surface area contributed by atoms with Crippen molar-refractivity contribution in [3.63, 3.8) is 0 Å². The molecule has 2 aromatic rings. The Morgan fingerprint density at radius 2 is 1.61 bits per heavy atom. The molecule has 1 fully saturated rings. The average molecular weight is 384 g/mol. The zero-order valence-electron chi connectivity index (χ0n) is 16.2. The fourth-order valence-electron chi connectivity index (χ4n) is 3.59. The Bertz CT molecular complexity index is 819. The van der Waals surface area contributed by atoms with Gasteiger partial charge in [0.1, 0.15) is 6.61 Å². The quantitative estimate of drug-likeness (QED) is 0.381. The van der Waals surface area contributed by atoms with E-state index in [1.807, 2.05) is 12.1 Å². The fourth-order valence-corrected chi connectivity index (χ4v) is 3.59. The molecule has 0 N–H and O–H groups in total. The van der Waals surface area contributed by atoms with Gasteiger partial charge in [0.2, 0.25) is 11.6 Å². The van der Waals surface area contributed by atoms with Crippen molar-refractivity contribution < 1.29 is 18.3 Å². The number of rotatable bonds is 7. The van der Waals surface area contributed by atoms with Gasteiger partial charge in [-0.2, -0.15) is 8.78 Å². The Labute approximate surface area is 165 Å². The molecule has 0 saturated heterocycles. The maximum absolute atomic E-state index is 14.1. The van der Waals surface area contributed by atoms with Crippen LogP contribution in [0, 0.1) is 17.6 Å². The van der Waals surface area contributed by atoms with Gasteiger partial charge in [-0.15, -0.1) is 6.58 Å². The second-order valence-corrected chi connectivity index (χ2v) is 7.15. The van der Waals surface area contributed by atoms with Crippen LogP contribution in [-0.2, 0) is 6.61 Å². The van der Waals surface area contributed by atoms with Gasteiger partial charge >= 0.3 is 0 Å². The SMILES string of the molecule is C=CC1CCC(c2ccc(COc3ccc(OC=CC)c(F)c3F)cc2)CC1. The van der Waals surface area contributed by atoms with Crippen LogP contribution >= 0.6 is 0 Å². The topological polar surface area (TPSA) is 18.5 Å². The summed E-state index contributed by atoms with van der Waals surface area (Å²) in [5, 5.41) is 0. The van der Waals surface area contributed by atoms with E-state index >= 15 is 0 Å². The van der Waals surface area contributed by atoms with Crippen molar-refractivity contribution in [2.45, 2.75) is 45.1 Å². The van der Waals surface area contributed by atoms with Gasteiger partial charge < -0.3 is 9.47 Å². The van der Waals surface area contributed by atoms with Crippen molar-refractivity contribution in [1.29, 1.82) is 0 Å². The molecule has 148 valence electrons. The predicted molar refractivity (Wildman–Crippen MR) is 107 cm³/mol. The third kappa shape index (κ3) is 4.80. The molecule has 0 aliphatic heterocycles.